The first-order valence-electron chi connectivity index (χ1n) is 5.25. The summed E-state index contributed by atoms with van der Waals surface area (Å²) >= 11 is 6.00. The third-order valence-corrected chi connectivity index (χ3v) is 4.12. The standard InChI is InChI=1S/C12H14ClN/c13-9-2-1-8-3-4-12(5-6-12)11(14)10(8)7-9/h1-2,7,11H,3-6,14H2. The second-order valence-electron chi connectivity index (χ2n) is 4.68. The van der Waals surface area contributed by atoms with Crippen LogP contribution in [0.3, 0.4) is 0 Å². The Hall–Kier alpha value is -0.530. The van der Waals surface area contributed by atoms with Gasteiger partial charge in [0.05, 0.1) is 0 Å². The van der Waals surface area contributed by atoms with E-state index in [1.807, 2.05) is 6.07 Å². The lowest BCUT2D eigenvalue weighted by atomic mass is 9.78. The first-order chi connectivity index (χ1) is 6.71. The van der Waals surface area contributed by atoms with Gasteiger partial charge in [-0.1, -0.05) is 17.7 Å². The smallest absolute Gasteiger partial charge is 0.0409 e. The summed E-state index contributed by atoms with van der Waals surface area (Å²) < 4.78 is 0. The van der Waals surface area contributed by atoms with E-state index in [1.54, 1.807) is 0 Å². The molecule has 2 aliphatic carbocycles. The Balaban J connectivity index is 2.09. The molecule has 2 heteroatoms. The molecule has 0 saturated heterocycles. The zero-order chi connectivity index (χ0) is 9.76. The van der Waals surface area contributed by atoms with Crippen LogP contribution in [-0.4, -0.2) is 0 Å². The predicted molar refractivity (Wildman–Crippen MR) is 58.4 cm³/mol. The summed E-state index contributed by atoms with van der Waals surface area (Å²) in [7, 11) is 0. The second kappa shape index (κ2) is 2.74. The van der Waals surface area contributed by atoms with Gasteiger partial charge in [-0.05, 0) is 54.4 Å². The average Bonchev–Trinajstić information content (AvgIpc) is 2.94. The van der Waals surface area contributed by atoms with Gasteiger partial charge in [0.2, 0.25) is 0 Å². The van der Waals surface area contributed by atoms with Crippen LogP contribution in [0.4, 0.5) is 0 Å². The highest BCUT2D eigenvalue weighted by Gasteiger charge is 2.50. The summed E-state index contributed by atoms with van der Waals surface area (Å²) in [6.07, 6.45) is 5.06. The van der Waals surface area contributed by atoms with Gasteiger partial charge in [0, 0.05) is 11.1 Å². The van der Waals surface area contributed by atoms with Crippen LogP contribution in [0.2, 0.25) is 5.02 Å². The summed E-state index contributed by atoms with van der Waals surface area (Å²) in [5.74, 6) is 0. The van der Waals surface area contributed by atoms with Crippen molar-refractivity contribution in [2.75, 3.05) is 0 Å². The average molecular weight is 208 g/mol. The molecule has 0 amide bonds. The van der Waals surface area contributed by atoms with Crippen LogP contribution in [0.1, 0.15) is 36.4 Å². The molecule has 1 nitrogen and oxygen atoms in total. The number of fused-ring (bicyclic) bond motifs is 1. The van der Waals surface area contributed by atoms with Crippen molar-refractivity contribution in [2.45, 2.75) is 31.7 Å². The van der Waals surface area contributed by atoms with Crippen molar-refractivity contribution < 1.29 is 0 Å². The van der Waals surface area contributed by atoms with E-state index < -0.39 is 0 Å². The van der Waals surface area contributed by atoms with Gasteiger partial charge in [0.25, 0.3) is 0 Å². The Kier molecular flexibility index (Phi) is 1.71. The van der Waals surface area contributed by atoms with Crippen LogP contribution in [0.15, 0.2) is 18.2 Å². The minimum Gasteiger partial charge on any atom is -0.323 e. The number of rotatable bonds is 0. The molecule has 1 aromatic rings. The zero-order valence-corrected chi connectivity index (χ0v) is 8.85. The van der Waals surface area contributed by atoms with E-state index in [9.17, 15) is 0 Å². The Labute approximate surface area is 89.3 Å². The Bertz CT molecular complexity index is 382. The van der Waals surface area contributed by atoms with Crippen molar-refractivity contribution in [1.29, 1.82) is 0 Å². The largest absolute Gasteiger partial charge is 0.323 e. The number of benzene rings is 1. The van der Waals surface area contributed by atoms with Crippen molar-refractivity contribution in [3.05, 3.63) is 34.3 Å². The Morgan fingerprint density at radius 2 is 2.07 bits per heavy atom. The highest BCUT2D eigenvalue weighted by molar-refractivity contribution is 6.30. The van der Waals surface area contributed by atoms with Crippen LogP contribution in [0.25, 0.3) is 0 Å². The van der Waals surface area contributed by atoms with Crippen LogP contribution in [0, 0.1) is 5.41 Å². The fraction of sp³-hybridized carbons (Fsp3) is 0.500. The van der Waals surface area contributed by atoms with Crippen molar-refractivity contribution in [3.63, 3.8) is 0 Å². The normalized spacial score (nSPS) is 27.4. The quantitative estimate of drug-likeness (QED) is 0.695. The number of hydrogen-bond acceptors (Lipinski definition) is 1. The molecule has 74 valence electrons. The second-order valence-corrected chi connectivity index (χ2v) is 5.12. The summed E-state index contributed by atoms with van der Waals surface area (Å²) in [6.45, 7) is 0. The lowest BCUT2D eigenvalue weighted by molar-refractivity contribution is 0.354. The maximum Gasteiger partial charge on any atom is 0.0409 e. The van der Waals surface area contributed by atoms with Gasteiger partial charge in [-0.25, -0.2) is 0 Å². The van der Waals surface area contributed by atoms with Crippen molar-refractivity contribution in [3.8, 4) is 0 Å². The van der Waals surface area contributed by atoms with Gasteiger partial charge in [-0.3, -0.25) is 0 Å². The molecule has 0 bridgehead atoms. The van der Waals surface area contributed by atoms with Gasteiger partial charge in [0.15, 0.2) is 0 Å². The monoisotopic (exact) mass is 207 g/mol. The molecule has 1 atom stereocenters. The molecular formula is C12H14ClN. The number of aryl methyl sites for hydroxylation is 1. The predicted octanol–water partition coefficient (Wildman–Crippen LogP) is 3.07. The Morgan fingerprint density at radius 1 is 1.29 bits per heavy atom. The summed E-state index contributed by atoms with van der Waals surface area (Å²) in [5, 5.41) is 0.817. The summed E-state index contributed by atoms with van der Waals surface area (Å²) in [4.78, 5) is 0. The van der Waals surface area contributed by atoms with Gasteiger partial charge < -0.3 is 5.73 Å². The van der Waals surface area contributed by atoms with Crippen molar-refractivity contribution >= 4 is 11.6 Å². The third-order valence-electron chi connectivity index (χ3n) is 3.89. The molecule has 1 fully saturated rings. The number of nitrogens with two attached hydrogens (primary N) is 1. The first-order valence-corrected chi connectivity index (χ1v) is 5.63. The summed E-state index contributed by atoms with van der Waals surface area (Å²) in [6, 6.07) is 6.39. The molecule has 14 heavy (non-hydrogen) atoms. The molecule has 0 heterocycles. The molecule has 0 aliphatic heterocycles. The minimum absolute atomic E-state index is 0.227. The molecule has 1 spiro atoms. The lowest BCUT2D eigenvalue weighted by Crippen LogP contribution is -2.28. The molecule has 2 N–H and O–H groups in total. The van der Waals surface area contributed by atoms with Crippen LogP contribution in [0.5, 0.6) is 0 Å². The molecule has 2 aliphatic rings. The first kappa shape index (κ1) is 8.75. The van der Waals surface area contributed by atoms with Crippen molar-refractivity contribution in [1.82, 2.24) is 0 Å². The van der Waals surface area contributed by atoms with Gasteiger partial charge >= 0.3 is 0 Å². The molecule has 0 aromatic heterocycles. The van der Waals surface area contributed by atoms with Gasteiger partial charge in [0.1, 0.15) is 0 Å². The van der Waals surface area contributed by atoms with E-state index in [0.717, 1.165) is 5.02 Å². The van der Waals surface area contributed by atoms with E-state index in [2.05, 4.69) is 12.1 Å². The van der Waals surface area contributed by atoms with E-state index in [1.165, 1.54) is 36.8 Å². The van der Waals surface area contributed by atoms with Gasteiger partial charge in [-0.2, -0.15) is 0 Å². The minimum atomic E-state index is 0.227. The van der Waals surface area contributed by atoms with Crippen LogP contribution >= 0.6 is 11.6 Å². The van der Waals surface area contributed by atoms with E-state index >= 15 is 0 Å². The molecule has 1 saturated carbocycles. The zero-order valence-electron chi connectivity index (χ0n) is 8.09. The molecule has 0 radical (unpaired) electrons. The summed E-state index contributed by atoms with van der Waals surface area (Å²) in [5.41, 5.74) is 9.43. The lowest BCUT2D eigenvalue weighted by Gasteiger charge is -2.31. The highest BCUT2D eigenvalue weighted by atomic mass is 35.5. The topological polar surface area (TPSA) is 26.0 Å². The van der Waals surface area contributed by atoms with Crippen LogP contribution in [-0.2, 0) is 6.42 Å². The van der Waals surface area contributed by atoms with E-state index in [0.29, 0.717) is 5.41 Å². The SMILES string of the molecule is NC1c2cc(Cl)ccc2CCC12CC2. The maximum atomic E-state index is 6.30. The number of halogens is 1. The van der Waals surface area contributed by atoms with Gasteiger partial charge in [-0.15, -0.1) is 0 Å². The molecule has 1 unspecified atom stereocenters. The molecule has 3 rings (SSSR count). The van der Waals surface area contributed by atoms with E-state index in [4.69, 9.17) is 17.3 Å². The Morgan fingerprint density at radius 3 is 2.79 bits per heavy atom. The fourth-order valence-electron chi connectivity index (χ4n) is 2.67. The third kappa shape index (κ3) is 1.12. The number of hydrogen-bond donors (Lipinski definition) is 1. The van der Waals surface area contributed by atoms with E-state index in [-0.39, 0.29) is 6.04 Å². The highest BCUT2D eigenvalue weighted by Crippen LogP contribution is 2.59. The fourth-order valence-corrected chi connectivity index (χ4v) is 2.85. The molecule has 1 aromatic carbocycles. The maximum absolute atomic E-state index is 6.30. The van der Waals surface area contributed by atoms with Crippen molar-refractivity contribution in [2.24, 2.45) is 11.1 Å². The van der Waals surface area contributed by atoms with Crippen LogP contribution < -0.4 is 5.73 Å². The molecular weight excluding hydrogens is 194 g/mol.